The molecule has 106 valence electrons. The van der Waals surface area contributed by atoms with Crippen molar-refractivity contribution < 1.29 is 9.90 Å². The summed E-state index contributed by atoms with van der Waals surface area (Å²) in [4.78, 5) is 19.6. The van der Waals surface area contributed by atoms with Gasteiger partial charge >= 0.3 is 5.97 Å². The zero-order valence-corrected chi connectivity index (χ0v) is 11.9. The van der Waals surface area contributed by atoms with E-state index in [1.807, 2.05) is 12.1 Å². The van der Waals surface area contributed by atoms with Crippen LogP contribution in [0.15, 0.2) is 24.5 Å². The first kappa shape index (κ1) is 14.4. The minimum Gasteiger partial charge on any atom is -0.480 e. The molecular formula is C15H19N3O2. The van der Waals surface area contributed by atoms with E-state index in [9.17, 15) is 4.79 Å². The number of aliphatic carboxylic acids is 1. The summed E-state index contributed by atoms with van der Waals surface area (Å²) in [6, 6.07) is 3.38. The van der Waals surface area contributed by atoms with Crippen LogP contribution in [-0.2, 0) is 11.3 Å². The van der Waals surface area contributed by atoms with Gasteiger partial charge in [0.05, 0.1) is 11.2 Å². The fourth-order valence-corrected chi connectivity index (χ4v) is 2.00. The van der Waals surface area contributed by atoms with E-state index in [2.05, 4.69) is 29.1 Å². The molecule has 5 nitrogen and oxygen atoms in total. The lowest BCUT2D eigenvalue weighted by Crippen LogP contribution is -2.33. The lowest BCUT2D eigenvalue weighted by Gasteiger charge is -2.11. The Balaban J connectivity index is 2.24. The molecule has 2 rings (SSSR count). The van der Waals surface area contributed by atoms with Crippen molar-refractivity contribution in [3.05, 3.63) is 35.8 Å². The average molecular weight is 273 g/mol. The summed E-state index contributed by atoms with van der Waals surface area (Å²) in [5.41, 5.74) is 2.87. The van der Waals surface area contributed by atoms with Gasteiger partial charge < -0.3 is 10.4 Å². The number of carbonyl (C=O) groups is 1. The first-order chi connectivity index (χ1) is 9.49. The molecule has 0 saturated heterocycles. The van der Waals surface area contributed by atoms with Gasteiger partial charge in [-0.1, -0.05) is 13.8 Å². The van der Waals surface area contributed by atoms with E-state index in [-0.39, 0.29) is 0 Å². The van der Waals surface area contributed by atoms with Crippen LogP contribution in [0.4, 0.5) is 0 Å². The van der Waals surface area contributed by atoms with E-state index in [1.165, 1.54) is 0 Å². The third-order valence-corrected chi connectivity index (χ3v) is 3.21. The lowest BCUT2D eigenvalue weighted by atomic mass is 10.1. The van der Waals surface area contributed by atoms with Crippen molar-refractivity contribution in [1.82, 2.24) is 15.3 Å². The predicted octanol–water partition coefficient (Wildman–Crippen LogP) is 2.32. The molecule has 0 amide bonds. The van der Waals surface area contributed by atoms with E-state index in [1.54, 1.807) is 19.3 Å². The van der Waals surface area contributed by atoms with E-state index < -0.39 is 12.0 Å². The number of fused-ring (bicyclic) bond motifs is 1. The Hall–Kier alpha value is -2.01. The van der Waals surface area contributed by atoms with Crippen molar-refractivity contribution >= 4 is 16.9 Å². The van der Waals surface area contributed by atoms with Crippen LogP contribution >= 0.6 is 0 Å². The lowest BCUT2D eigenvalue weighted by molar-refractivity contribution is -0.139. The molecule has 2 N–H and O–H groups in total. The quantitative estimate of drug-likeness (QED) is 0.874. The van der Waals surface area contributed by atoms with Gasteiger partial charge in [0.25, 0.3) is 0 Å². The predicted molar refractivity (Wildman–Crippen MR) is 77.6 cm³/mol. The minimum absolute atomic E-state index is 0.321. The maximum atomic E-state index is 10.8. The molecule has 0 aliphatic carbocycles. The number of nitrogens with zero attached hydrogens (tertiary/aromatic N) is 2. The third-order valence-electron chi connectivity index (χ3n) is 3.21. The first-order valence-corrected chi connectivity index (χ1v) is 6.68. The summed E-state index contributed by atoms with van der Waals surface area (Å²) in [5.74, 6) is -0.535. The SMILES string of the molecule is CC(NCc1cnc2c(C(C)C)nccc2c1)C(=O)O. The van der Waals surface area contributed by atoms with Gasteiger partial charge in [0.2, 0.25) is 0 Å². The number of hydrogen-bond acceptors (Lipinski definition) is 4. The van der Waals surface area contributed by atoms with Gasteiger partial charge in [0.1, 0.15) is 6.04 Å². The minimum atomic E-state index is -0.856. The van der Waals surface area contributed by atoms with Crippen molar-refractivity contribution in [1.29, 1.82) is 0 Å². The van der Waals surface area contributed by atoms with Crippen molar-refractivity contribution in [3.8, 4) is 0 Å². The summed E-state index contributed by atoms with van der Waals surface area (Å²) >= 11 is 0. The van der Waals surface area contributed by atoms with E-state index in [0.29, 0.717) is 12.5 Å². The van der Waals surface area contributed by atoms with Crippen LogP contribution in [0, 0.1) is 0 Å². The Morgan fingerprint density at radius 3 is 2.75 bits per heavy atom. The second-order valence-corrected chi connectivity index (χ2v) is 5.21. The zero-order chi connectivity index (χ0) is 14.7. The van der Waals surface area contributed by atoms with Gasteiger partial charge in [-0.05, 0) is 30.5 Å². The molecule has 2 aromatic rings. The number of nitrogens with one attached hydrogen (secondary N) is 1. The molecule has 1 atom stereocenters. The largest absolute Gasteiger partial charge is 0.480 e. The maximum Gasteiger partial charge on any atom is 0.320 e. The van der Waals surface area contributed by atoms with Crippen LogP contribution in [-0.4, -0.2) is 27.1 Å². The molecule has 0 fully saturated rings. The zero-order valence-electron chi connectivity index (χ0n) is 11.9. The van der Waals surface area contributed by atoms with E-state index >= 15 is 0 Å². The Bertz CT molecular complexity index is 626. The summed E-state index contributed by atoms with van der Waals surface area (Å²) in [7, 11) is 0. The average Bonchev–Trinajstić information content (AvgIpc) is 2.43. The maximum absolute atomic E-state index is 10.8. The van der Waals surface area contributed by atoms with Gasteiger partial charge in [-0.3, -0.25) is 14.8 Å². The number of carboxylic acid groups (broad SMARTS) is 1. The Labute approximate surface area is 118 Å². The third kappa shape index (κ3) is 3.11. The highest BCUT2D eigenvalue weighted by atomic mass is 16.4. The van der Waals surface area contributed by atoms with Crippen LogP contribution < -0.4 is 5.32 Å². The number of pyridine rings is 2. The molecular weight excluding hydrogens is 254 g/mol. The summed E-state index contributed by atoms with van der Waals surface area (Å²) in [6.45, 7) is 6.29. The van der Waals surface area contributed by atoms with Crippen LogP contribution in [0.2, 0.25) is 0 Å². The fraction of sp³-hybridized carbons (Fsp3) is 0.400. The second kappa shape index (κ2) is 5.96. The molecule has 2 aromatic heterocycles. The highest BCUT2D eigenvalue weighted by Crippen LogP contribution is 2.21. The van der Waals surface area contributed by atoms with Gasteiger partial charge in [-0.2, -0.15) is 0 Å². The first-order valence-electron chi connectivity index (χ1n) is 6.68. The summed E-state index contributed by atoms with van der Waals surface area (Å²) in [5, 5.41) is 12.8. The van der Waals surface area contributed by atoms with Gasteiger partial charge in [0.15, 0.2) is 0 Å². The Kier molecular flexibility index (Phi) is 4.29. The molecule has 0 radical (unpaired) electrons. The summed E-state index contributed by atoms with van der Waals surface area (Å²) < 4.78 is 0. The molecule has 0 bridgehead atoms. The smallest absolute Gasteiger partial charge is 0.320 e. The standard InChI is InChI=1S/C15H19N3O2/c1-9(2)13-14-12(4-5-16-13)6-11(8-18-14)7-17-10(3)15(19)20/h4-6,8-10,17H,7H2,1-3H3,(H,19,20). The van der Waals surface area contributed by atoms with Crippen LogP contribution in [0.3, 0.4) is 0 Å². The van der Waals surface area contributed by atoms with Crippen LogP contribution in [0.1, 0.15) is 37.9 Å². The second-order valence-electron chi connectivity index (χ2n) is 5.21. The van der Waals surface area contributed by atoms with Crippen molar-refractivity contribution in [2.75, 3.05) is 0 Å². The molecule has 0 aliphatic rings. The van der Waals surface area contributed by atoms with Gasteiger partial charge in [-0.25, -0.2) is 0 Å². The number of aromatic nitrogens is 2. The normalized spacial score (nSPS) is 12.8. The Morgan fingerprint density at radius 1 is 1.35 bits per heavy atom. The summed E-state index contributed by atoms with van der Waals surface area (Å²) in [6.07, 6.45) is 3.56. The topological polar surface area (TPSA) is 75.1 Å². The molecule has 2 heterocycles. The molecule has 20 heavy (non-hydrogen) atoms. The molecule has 0 spiro atoms. The van der Waals surface area contributed by atoms with Crippen LogP contribution in [0.5, 0.6) is 0 Å². The number of hydrogen-bond donors (Lipinski definition) is 2. The molecule has 5 heteroatoms. The van der Waals surface area contributed by atoms with E-state index in [4.69, 9.17) is 5.11 Å². The molecule has 1 unspecified atom stereocenters. The molecule has 0 saturated carbocycles. The molecule has 0 aromatic carbocycles. The molecule has 0 aliphatic heterocycles. The highest BCUT2D eigenvalue weighted by molar-refractivity contribution is 5.81. The van der Waals surface area contributed by atoms with E-state index in [0.717, 1.165) is 22.2 Å². The van der Waals surface area contributed by atoms with Gasteiger partial charge in [0, 0.05) is 24.3 Å². The number of carboxylic acids is 1. The number of rotatable bonds is 5. The monoisotopic (exact) mass is 273 g/mol. The Morgan fingerprint density at radius 2 is 2.10 bits per heavy atom. The van der Waals surface area contributed by atoms with Gasteiger partial charge in [-0.15, -0.1) is 0 Å². The van der Waals surface area contributed by atoms with Crippen LogP contribution in [0.25, 0.3) is 10.9 Å². The van der Waals surface area contributed by atoms with Crippen molar-refractivity contribution in [2.45, 2.75) is 39.3 Å². The van der Waals surface area contributed by atoms with Crippen molar-refractivity contribution in [2.24, 2.45) is 0 Å². The fourth-order valence-electron chi connectivity index (χ4n) is 2.00. The highest BCUT2D eigenvalue weighted by Gasteiger charge is 2.11. The van der Waals surface area contributed by atoms with Crippen molar-refractivity contribution in [3.63, 3.8) is 0 Å².